The number of benzene rings is 2. The van der Waals surface area contributed by atoms with Gasteiger partial charge < -0.3 is 14.9 Å². The third kappa shape index (κ3) is 2.89. The number of phenols is 1. The molecular formula is C14H9ClO5. The molecule has 0 aliphatic carbocycles. The van der Waals surface area contributed by atoms with E-state index in [9.17, 15) is 14.7 Å². The largest absolute Gasteiger partial charge is 0.507 e. The molecule has 20 heavy (non-hydrogen) atoms. The highest BCUT2D eigenvalue weighted by atomic mass is 35.5. The van der Waals surface area contributed by atoms with Crippen molar-refractivity contribution in [3.05, 3.63) is 58.6 Å². The van der Waals surface area contributed by atoms with Crippen LogP contribution >= 0.6 is 11.6 Å². The molecule has 102 valence electrons. The van der Waals surface area contributed by atoms with Gasteiger partial charge in [0.25, 0.3) is 0 Å². The number of ether oxygens (including phenoxy) is 1. The summed E-state index contributed by atoms with van der Waals surface area (Å²) in [5.74, 6) is -2.51. The summed E-state index contributed by atoms with van der Waals surface area (Å²) >= 11 is 5.73. The van der Waals surface area contributed by atoms with E-state index in [1.807, 2.05) is 0 Å². The number of carbonyl (C=O) groups is 2. The predicted octanol–water partition coefficient (Wildman–Crippen LogP) is 2.96. The van der Waals surface area contributed by atoms with Gasteiger partial charge in [-0.2, -0.15) is 0 Å². The number of hydrogen-bond donors (Lipinski definition) is 2. The molecule has 0 heterocycles. The SMILES string of the molecule is O=C(Oc1ccccc1C(=O)O)c1cc(Cl)ccc1O. The van der Waals surface area contributed by atoms with Crippen LogP contribution in [0.1, 0.15) is 20.7 Å². The summed E-state index contributed by atoms with van der Waals surface area (Å²) in [6.07, 6.45) is 0. The molecule has 0 spiro atoms. The predicted molar refractivity (Wildman–Crippen MR) is 71.5 cm³/mol. The number of carboxylic acids is 1. The van der Waals surface area contributed by atoms with Crippen LogP contribution in [0.4, 0.5) is 0 Å². The van der Waals surface area contributed by atoms with Gasteiger partial charge in [0.2, 0.25) is 0 Å². The summed E-state index contributed by atoms with van der Waals surface area (Å²) in [6, 6.07) is 9.61. The Labute approximate surface area is 119 Å². The van der Waals surface area contributed by atoms with E-state index >= 15 is 0 Å². The Bertz CT molecular complexity index is 681. The zero-order valence-corrected chi connectivity index (χ0v) is 10.8. The van der Waals surface area contributed by atoms with Crippen molar-refractivity contribution in [2.24, 2.45) is 0 Å². The molecule has 0 unspecified atom stereocenters. The molecule has 5 nitrogen and oxygen atoms in total. The molecule has 0 saturated carbocycles. The van der Waals surface area contributed by atoms with Crippen LogP contribution < -0.4 is 4.74 Å². The zero-order valence-electron chi connectivity index (χ0n) is 10.0. The van der Waals surface area contributed by atoms with Crippen LogP contribution in [-0.4, -0.2) is 22.2 Å². The van der Waals surface area contributed by atoms with Crippen LogP contribution in [0.5, 0.6) is 11.5 Å². The lowest BCUT2D eigenvalue weighted by Crippen LogP contribution is -2.11. The van der Waals surface area contributed by atoms with E-state index in [0.717, 1.165) is 0 Å². The summed E-state index contributed by atoms with van der Waals surface area (Å²) in [4.78, 5) is 22.9. The number of phenolic OH excluding ortho intramolecular Hbond substituents is 1. The average Bonchev–Trinajstić information content (AvgIpc) is 2.41. The molecule has 2 aromatic carbocycles. The number of aromatic carboxylic acids is 1. The lowest BCUT2D eigenvalue weighted by molar-refractivity contribution is 0.0681. The molecule has 0 saturated heterocycles. The first-order chi connectivity index (χ1) is 9.49. The van der Waals surface area contributed by atoms with Crippen molar-refractivity contribution >= 4 is 23.5 Å². The number of aromatic hydroxyl groups is 1. The second-order valence-corrected chi connectivity index (χ2v) is 4.29. The topological polar surface area (TPSA) is 83.8 Å². The molecule has 2 aromatic rings. The van der Waals surface area contributed by atoms with E-state index in [2.05, 4.69) is 0 Å². The molecule has 0 atom stereocenters. The normalized spacial score (nSPS) is 10.1. The van der Waals surface area contributed by atoms with E-state index < -0.39 is 11.9 Å². The van der Waals surface area contributed by atoms with Crippen molar-refractivity contribution in [3.63, 3.8) is 0 Å². The van der Waals surface area contributed by atoms with E-state index in [-0.39, 0.29) is 27.6 Å². The Morgan fingerprint density at radius 1 is 1.05 bits per heavy atom. The zero-order chi connectivity index (χ0) is 14.7. The first kappa shape index (κ1) is 13.9. The maximum Gasteiger partial charge on any atom is 0.347 e. The van der Waals surface area contributed by atoms with E-state index in [4.69, 9.17) is 21.4 Å². The van der Waals surface area contributed by atoms with Crippen molar-refractivity contribution in [1.29, 1.82) is 0 Å². The van der Waals surface area contributed by atoms with Crippen LogP contribution in [0, 0.1) is 0 Å². The number of esters is 1. The number of para-hydroxylation sites is 1. The van der Waals surface area contributed by atoms with Gasteiger partial charge in [-0.05, 0) is 30.3 Å². The number of rotatable bonds is 3. The maximum absolute atomic E-state index is 11.9. The minimum Gasteiger partial charge on any atom is -0.507 e. The second kappa shape index (κ2) is 5.63. The molecule has 0 amide bonds. The van der Waals surface area contributed by atoms with Crippen LogP contribution in [0.25, 0.3) is 0 Å². The summed E-state index contributed by atoms with van der Waals surface area (Å²) in [7, 11) is 0. The van der Waals surface area contributed by atoms with Gasteiger partial charge in [0, 0.05) is 5.02 Å². The van der Waals surface area contributed by atoms with Gasteiger partial charge >= 0.3 is 11.9 Å². The Morgan fingerprint density at radius 2 is 1.75 bits per heavy atom. The van der Waals surface area contributed by atoms with Crippen molar-refractivity contribution in [2.45, 2.75) is 0 Å². The highest BCUT2D eigenvalue weighted by Crippen LogP contribution is 2.25. The lowest BCUT2D eigenvalue weighted by Gasteiger charge is -2.08. The van der Waals surface area contributed by atoms with Gasteiger partial charge in [-0.15, -0.1) is 0 Å². The van der Waals surface area contributed by atoms with Crippen LogP contribution in [0.2, 0.25) is 5.02 Å². The average molecular weight is 293 g/mol. The van der Waals surface area contributed by atoms with E-state index in [1.54, 1.807) is 0 Å². The van der Waals surface area contributed by atoms with Crippen LogP contribution in [0.15, 0.2) is 42.5 Å². The van der Waals surface area contributed by atoms with Gasteiger partial charge in [0.1, 0.15) is 22.6 Å². The van der Waals surface area contributed by atoms with Gasteiger partial charge in [0.05, 0.1) is 0 Å². The number of halogens is 1. The fourth-order valence-corrected chi connectivity index (χ4v) is 1.73. The third-order valence-electron chi connectivity index (χ3n) is 2.50. The summed E-state index contributed by atoms with van der Waals surface area (Å²) < 4.78 is 4.99. The molecule has 0 aliphatic heterocycles. The summed E-state index contributed by atoms with van der Waals surface area (Å²) in [6.45, 7) is 0. The first-order valence-electron chi connectivity index (χ1n) is 5.52. The Balaban J connectivity index is 2.33. The molecule has 2 rings (SSSR count). The molecular weight excluding hydrogens is 284 g/mol. The Kier molecular flexibility index (Phi) is 3.91. The quantitative estimate of drug-likeness (QED) is 0.671. The fraction of sp³-hybridized carbons (Fsp3) is 0. The minimum absolute atomic E-state index is 0.107. The summed E-state index contributed by atoms with van der Waals surface area (Å²) in [5.41, 5.74) is -0.292. The van der Waals surface area contributed by atoms with Gasteiger partial charge in [-0.1, -0.05) is 23.7 Å². The van der Waals surface area contributed by atoms with Gasteiger partial charge in [-0.25, -0.2) is 9.59 Å². The van der Waals surface area contributed by atoms with Crippen molar-refractivity contribution < 1.29 is 24.5 Å². The van der Waals surface area contributed by atoms with Crippen LogP contribution in [-0.2, 0) is 0 Å². The molecule has 2 N–H and O–H groups in total. The highest BCUT2D eigenvalue weighted by Gasteiger charge is 2.18. The molecule has 0 fully saturated rings. The third-order valence-corrected chi connectivity index (χ3v) is 2.73. The van der Waals surface area contributed by atoms with Crippen molar-refractivity contribution in [2.75, 3.05) is 0 Å². The van der Waals surface area contributed by atoms with Crippen molar-refractivity contribution in [1.82, 2.24) is 0 Å². The van der Waals surface area contributed by atoms with Gasteiger partial charge in [0.15, 0.2) is 0 Å². The van der Waals surface area contributed by atoms with E-state index in [1.165, 1.54) is 42.5 Å². The minimum atomic E-state index is -1.22. The van der Waals surface area contributed by atoms with Gasteiger partial charge in [-0.3, -0.25) is 0 Å². The van der Waals surface area contributed by atoms with Crippen molar-refractivity contribution in [3.8, 4) is 11.5 Å². The molecule has 0 bridgehead atoms. The fourth-order valence-electron chi connectivity index (χ4n) is 1.56. The molecule has 6 heteroatoms. The number of hydrogen-bond acceptors (Lipinski definition) is 4. The summed E-state index contributed by atoms with van der Waals surface area (Å²) in [5, 5.41) is 18.8. The smallest absolute Gasteiger partial charge is 0.347 e. The number of carbonyl (C=O) groups excluding carboxylic acids is 1. The number of carboxylic acid groups (broad SMARTS) is 1. The first-order valence-corrected chi connectivity index (χ1v) is 5.90. The Hall–Kier alpha value is -2.53. The van der Waals surface area contributed by atoms with Crippen LogP contribution in [0.3, 0.4) is 0 Å². The standard InChI is InChI=1S/C14H9ClO5/c15-8-5-6-11(16)10(7-8)14(19)20-12-4-2-1-3-9(12)13(17)18/h1-7,16H,(H,17,18). The second-order valence-electron chi connectivity index (χ2n) is 3.85. The molecule has 0 aliphatic rings. The molecule has 0 radical (unpaired) electrons. The maximum atomic E-state index is 11.9. The lowest BCUT2D eigenvalue weighted by atomic mass is 10.2. The molecule has 0 aromatic heterocycles. The van der Waals surface area contributed by atoms with E-state index in [0.29, 0.717) is 0 Å². The monoisotopic (exact) mass is 292 g/mol. The highest BCUT2D eigenvalue weighted by molar-refractivity contribution is 6.31. The Morgan fingerprint density at radius 3 is 2.45 bits per heavy atom.